The van der Waals surface area contributed by atoms with Crippen LogP contribution in [0.25, 0.3) is 11.5 Å². The predicted molar refractivity (Wildman–Crippen MR) is 73.2 cm³/mol. The number of hydrogen-bond donors (Lipinski definition) is 2. The van der Waals surface area contributed by atoms with Crippen LogP contribution in [-0.2, 0) is 9.53 Å². The molecule has 0 aliphatic rings. The van der Waals surface area contributed by atoms with E-state index in [1.165, 1.54) is 11.3 Å². The molecule has 0 saturated carbocycles. The molecule has 0 unspecified atom stereocenters. The largest absolute Gasteiger partial charge is 0.463 e. The van der Waals surface area contributed by atoms with Gasteiger partial charge in [-0.3, -0.25) is 4.79 Å². The Morgan fingerprint density at radius 1 is 1.58 bits per heavy atom. The van der Waals surface area contributed by atoms with Gasteiger partial charge in [-0.05, 0) is 12.1 Å². The Balaban J connectivity index is 1.81. The van der Waals surface area contributed by atoms with E-state index in [0.717, 1.165) is 5.69 Å². The number of carbonyl (C=O) groups is 1. The number of ether oxygens (including phenoxy) is 1. The number of thiazole rings is 1. The van der Waals surface area contributed by atoms with Crippen LogP contribution in [-0.4, -0.2) is 37.7 Å². The Morgan fingerprint density at radius 2 is 2.47 bits per heavy atom. The third-order valence-corrected chi connectivity index (χ3v) is 3.05. The van der Waals surface area contributed by atoms with Gasteiger partial charge in [0, 0.05) is 19.0 Å². The molecule has 0 radical (unpaired) electrons. The number of furan rings is 1. The number of rotatable bonds is 7. The average molecular weight is 281 g/mol. The molecule has 1 amide bonds. The molecule has 0 aliphatic heterocycles. The fourth-order valence-corrected chi connectivity index (χ4v) is 2.12. The molecule has 7 heteroatoms. The van der Waals surface area contributed by atoms with E-state index in [9.17, 15) is 4.79 Å². The first-order valence-electron chi connectivity index (χ1n) is 5.78. The molecule has 0 fully saturated rings. The summed E-state index contributed by atoms with van der Waals surface area (Å²) >= 11 is 1.36. The Morgan fingerprint density at radius 3 is 3.21 bits per heavy atom. The van der Waals surface area contributed by atoms with Crippen LogP contribution >= 0.6 is 11.3 Å². The van der Waals surface area contributed by atoms with E-state index in [1.54, 1.807) is 19.4 Å². The highest BCUT2D eigenvalue weighted by atomic mass is 32.1. The molecule has 0 bridgehead atoms. The zero-order chi connectivity index (χ0) is 13.5. The molecule has 0 atom stereocenters. The van der Waals surface area contributed by atoms with Crippen LogP contribution in [0.5, 0.6) is 0 Å². The van der Waals surface area contributed by atoms with Gasteiger partial charge < -0.3 is 19.8 Å². The predicted octanol–water partition coefficient (Wildman–Crippen LogP) is 1.58. The van der Waals surface area contributed by atoms with Crippen molar-refractivity contribution in [1.29, 1.82) is 0 Å². The maximum Gasteiger partial charge on any atom is 0.240 e. The summed E-state index contributed by atoms with van der Waals surface area (Å²) in [6.07, 6.45) is 1.59. The molecule has 6 nitrogen and oxygen atoms in total. The molecule has 2 N–H and O–H groups in total. The van der Waals surface area contributed by atoms with Crippen LogP contribution in [0.3, 0.4) is 0 Å². The third kappa shape index (κ3) is 4.16. The molecule has 102 valence electrons. The van der Waals surface area contributed by atoms with Crippen molar-refractivity contribution < 1.29 is 13.9 Å². The molecular weight excluding hydrogens is 266 g/mol. The summed E-state index contributed by atoms with van der Waals surface area (Å²) in [4.78, 5) is 15.9. The van der Waals surface area contributed by atoms with Crippen LogP contribution in [0.4, 0.5) is 5.13 Å². The number of nitrogens with one attached hydrogen (secondary N) is 2. The first kappa shape index (κ1) is 13.7. The number of methoxy groups -OCH3 is 1. The molecule has 0 aromatic carbocycles. The highest BCUT2D eigenvalue weighted by Crippen LogP contribution is 2.24. The van der Waals surface area contributed by atoms with Crippen molar-refractivity contribution in [2.24, 2.45) is 0 Å². The first-order valence-corrected chi connectivity index (χ1v) is 6.66. The Kier molecular flexibility index (Phi) is 5.08. The lowest BCUT2D eigenvalue weighted by molar-refractivity contribution is -0.115. The number of aromatic nitrogens is 1. The molecule has 0 aliphatic carbocycles. The van der Waals surface area contributed by atoms with Gasteiger partial charge in [-0.2, -0.15) is 0 Å². The van der Waals surface area contributed by atoms with E-state index in [2.05, 4.69) is 15.6 Å². The van der Waals surface area contributed by atoms with Crippen LogP contribution in [0.1, 0.15) is 0 Å². The summed E-state index contributed by atoms with van der Waals surface area (Å²) in [7, 11) is 1.62. The molecule has 0 saturated heterocycles. The monoisotopic (exact) mass is 281 g/mol. The Bertz CT molecular complexity index is 510. The normalized spacial score (nSPS) is 10.6. The molecule has 2 heterocycles. The topological polar surface area (TPSA) is 76.4 Å². The van der Waals surface area contributed by atoms with Gasteiger partial charge in [0.15, 0.2) is 10.9 Å². The van der Waals surface area contributed by atoms with Crippen molar-refractivity contribution in [1.82, 2.24) is 10.3 Å². The second-order valence-corrected chi connectivity index (χ2v) is 4.59. The summed E-state index contributed by atoms with van der Waals surface area (Å²) in [6.45, 7) is 1.45. The van der Waals surface area contributed by atoms with Gasteiger partial charge in [-0.25, -0.2) is 4.98 Å². The zero-order valence-corrected chi connectivity index (χ0v) is 11.3. The average Bonchev–Trinajstić information content (AvgIpc) is 3.04. The fourth-order valence-electron chi connectivity index (χ4n) is 1.41. The number of hydrogen-bond acceptors (Lipinski definition) is 6. The first-order chi connectivity index (χ1) is 9.29. The van der Waals surface area contributed by atoms with Crippen molar-refractivity contribution in [3.63, 3.8) is 0 Å². The van der Waals surface area contributed by atoms with Crippen LogP contribution in [0.2, 0.25) is 0 Å². The number of nitrogens with zero attached hydrogens (tertiary/aromatic N) is 1. The lowest BCUT2D eigenvalue weighted by atomic mass is 10.4. The van der Waals surface area contributed by atoms with Crippen molar-refractivity contribution in [2.45, 2.75) is 0 Å². The maximum atomic E-state index is 11.6. The van der Waals surface area contributed by atoms with E-state index < -0.39 is 0 Å². The molecule has 0 spiro atoms. The quantitative estimate of drug-likeness (QED) is 0.753. The molecule has 2 aromatic rings. The van der Waals surface area contributed by atoms with Gasteiger partial charge >= 0.3 is 0 Å². The smallest absolute Gasteiger partial charge is 0.240 e. The summed E-state index contributed by atoms with van der Waals surface area (Å²) in [5.74, 6) is 0.561. The second kappa shape index (κ2) is 7.03. The number of anilines is 1. The lowest BCUT2D eigenvalue weighted by Gasteiger charge is -2.03. The minimum Gasteiger partial charge on any atom is -0.463 e. The van der Waals surface area contributed by atoms with Gasteiger partial charge in [0.05, 0.1) is 19.4 Å². The molecule has 2 aromatic heterocycles. The minimum absolute atomic E-state index is 0.128. The lowest BCUT2D eigenvalue weighted by Crippen LogP contribution is -2.30. The van der Waals surface area contributed by atoms with Gasteiger partial charge in [0.2, 0.25) is 5.91 Å². The standard InChI is InChI=1S/C12H15N3O3S/c1-17-6-4-13-7-11(16)15-12-14-9(8-19-12)10-3-2-5-18-10/h2-3,5,8,13H,4,6-7H2,1H3,(H,14,15,16). The van der Waals surface area contributed by atoms with E-state index in [-0.39, 0.29) is 12.5 Å². The van der Waals surface area contributed by atoms with Crippen molar-refractivity contribution in [2.75, 3.05) is 32.1 Å². The van der Waals surface area contributed by atoms with Crippen LogP contribution in [0, 0.1) is 0 Å². The number of carbonyl (C=O) groups excluding carboxylic acids is 1. The summed E-state index contributed by atoms with van der Waals surface area (Å²) in [5.41, 5.74) is 0.720. The fraction of sp³-hybridized carbons (Fsp3) is 0.333. The van der Waals surface area contributed by atoms with Crippen LogP contribution in [0.15, 0.2) is 28.2 Å². The Hall–Kier alpha value is -1.70. The van der Waals surface area contributed by atoms with E-state index in [1.807, 2.05) is 11.4 Å². The third-order valence-electron chi connectivity index (χ3n) is 2.29. The van der Waals surface area contributed by atoms with Crippen LogP contribution < -0.4 is 10.6 Å². The SMILES string of the molecule is COCCNCC(=O)Nc1nc(-c2ccco2)cs1. The molecule has 19 heavy (non-hydrogen) atoms. The van der Waals surface area contributed by atoms with Gasteiger partial charge in [0.1, 0.15) is 5.69 Å². The van der Waals surface area contributed by atoms with E-state index >= 15 is 0 Å². The van der Waals surface area contributed by atoms with E-state index in [4.69, 9.17) is 9.15 Å². The Labute approximate surface area is 114 Å². The summed E-state index contributed by atoms with van der Waals surface area (Å²) in [6, 6.07) is 3.62. The number of amides is 1. The summed E-state index contributed by atoms with van der Waals surface area (Å²) in [5, 5.41) is 8.09. The molecular formula is C12H15N3O3S. The molecule has 2 rings (SSSR count). The highest BCUT2D eigenvalue weighted by Gasteiger charge is 2.09. The highest BCUT2D eigenvalue weighted by molar-refractivity contribution is 7.14. The summed E-state index contributed by atoms with van der Waals surface area (Å²) < 4.78 is 10.1. The van der Waals surface area contributed by atoms with Crippen molar-refractivity contribution in [3.05, 3.63) is 23.8 Å². The van der Waals surface area contributed by atoms with Gasteiger partial charge in [0.25, 0.3) is 0 Å². The van der Waals surface area contributed by atoms with Crippen molar-refractivity contribution >= 4 is 22.4 Å². The zero-order valence-electron chi connectivity index (χ0n) is 10.5. The van der Waals surface area contributed by atoms with Crippen molar-refractivity contribution in [3.8, 4) is 11.5 Å². The van der Waals surface area contributed by atoms with Gasteiger partial charge in [-0.15, -0.1) is 11.3 Å². The second-order valence-electron chi connectivity index (χ2n) is 3.73. The maximum absolute atomic E-state index is 11.6. The van der Waals surface area contributed by atoms with Gasteiger partial charge in [-0.1, -0.05) is 0 Å². The minimum atomic E-state index is -0.128. The van der Waals surface area contributed by atoms with E-state index in [0.29, 0.717) is 24.0 Å².